The summed E-state index contributed by atoms with van der Waals surface area (Å²) in [7, 11) is 0. The van der Waals surface area contributed by atoms with Crippen molar-refractivity contribution < 1.29 is 14.3 Å². The molecule has 0 atom stereocenters. The summed E-state index contributed by atoms with van der Waals surface area (Å²) >= 11 is 0. The third-order valence-electron chi connectivity index (χ3n) is 5.71. The summed E-state index contributed by atoms with van der Waals surface area (Å²) in [5.41, 5.74) is 2.95. The normalized spacial score (nSPS) is 13.5. The predicted octanol–water partition coefficient (Wildman–Crippen LogP) is 4.48. The Bertz CT molecular complexity index is 1100. The lowest BCUT2D eigenvalue weighted by Crippen LogP contribution is -2.35. The molecular formula is C25H30N4O3. The second-order valence-electron chi connectivity index (χ2n) is 8.59. The summed E-state index contributed by atoms with van der Waals surface area (Å²) in [5, 5.41) is 5.25. The van der Waals surface area contributed by atoms with E-state index >= 15 is 0 Å². The Morgan fingerprint density at radius 3 is 2.62 bits per heavy atom. The van der Waals surface area contributed by atoms with Crippen LogP contribution >= 0.6 is 0 Å². The first-order valence-corrected chi connectivity index (χ1v) is 11.4. The van der Waals surface area contributed by atoms with E-state index in [1.807, 2.05) is 54.9 Å². The lowest BCUT2D eigenvalue weighted by atomic mass is 10.1. The molecule has 7 heteroatoms. The highest BCUT2D eigenvalue weighted by molar-refractivity contribution is 6.06. The van der Waals surface area contributed by atoms with E-state index in [9.17, 15) is 9.59 Å². The Balaban J connectivity index is 1.74. The molecule has 0 aliphatic heterocycles. The standard InChI is InChI=1S/C25H30N4O3/c1-4-32-23(30)12-13-28(16-18-10-11-18)25(31)20-14-22(19-8-6-5-7-9-19)27-24-21(20)15-26-29(24)17(2)3/h5-9,14-15,17-18H,4,10-13,16H2,1-3H3. The van der Waals surface area contributed by atoms with Crippen molar-refractivity contribution in [2.24, 2.45) is 5.92 Å². The molecule has 32 heavy (non-hydrogen) atoms. The van der Waals surface area contributed by atoms with E-state index in [1.54, 1.807) is 18.0 Å². The van der Waals surface area contributed by atoms with Crippen molar-refractivity contribution in [3.63, 3.8) is 0 Å². The van der Waals surface area contributed by atoms with Crippen LogP contribution < -0.4 is 0 Å². The predicted molar refractivity (Wildman–Crippen MR) is 123 cm³/mol. The van der Waals surface area contributed by atoms with Crippen molar-refractivity contribution in [2.75, 3.05) is 19.7 Å². The Labute approximate surface area is 188 Å². The number of esters is 1. The zero-order chi connectivity index (χ0) is 22.7. The lowest BCUT2D eigenvalue weighted by Gasteiger charge is -2.23. The molecule has 2 heterocycles. The fourth-order valence-electron chi connectivity index (χ4n) is 3.85. The highest BCUT2D eigenvalue weighted by Gasteiger charge is 2.29. The van der Waals surface area contributed by atoms with Gasteiger partial charge in [0.25, 0.3) is 5.91 Å². The molecule has 1 amide bonds. The van der Waals surface area contributed by atoms with Gasteiger partial charge in [-0.15, -0.1) is 0 Å². The number of aromatic nitrogens is 3. The van der Waals surface area contributed by atoms with Crippen molar-refractivity contribution in [3.8, 4) is 11.3 Å². The number of carbonyl (C=O) groups excluding carboxylic acids is 2. The van der Waals surface area contributed by atoms with Gasteiger partial charge in [-0.1, -0.05) is 30.3 Å². The molecule has 1 aliphatic carbocycles. The number of pyridine rings is 1. The number of fused-ring (bicyclic) bond motifs is 1. The summed E-state index contributed by atoms with van der Waals surface area (Å²) in [6.45, 7) is 7.22. The molecule has 0 bridgehead atoms. The molecule has 0 radical (unpaired) electrons. The van der Waals surface area contributed by atoms with Gasteiger partial charge in [0.2, 0.25) is 0 Å². The number of carbonyl (C=O) groups is 2. The van der Waals surface area contributed by atoms with Crippen LogP contribution in [0.3, 0.4) is 0 Å². The minimum Gasteiger partial charge on any atom is -0.466 e. The SMILES string of the molecule is CCOC(=O)CCN(CC1CC1)C(=O)c1cc(-c2ccccc2)nc2c1cnn2C(C)C. The van der Waals surface area contributed by atoms with Gasteiger partial charge in [0.15, 0.2) is 5.65 Å². The Morgan fingerprint density at radius 2 is 1.97 bits per heavy atom. The molecule has 4 rings (SSSR count). The fourth-order valence-corrected chi connectivity index (χ4v) is 3.85. The Morgan fingerprint density at radius 1 is 1.22 bits per heavy atom. The quantitative estimate of drug-likeness (QED) is 0.464. The molecular weight excluding hydrogens is 404 g/mol. The molecule has 0 unspecified atom stereocenters. The van der Waals surface area contributed by atoms with Crippen LogP contribution in [-0.2, 0) is 9.53 Å². The maximum Gasteiger partial charge on any atom is 0.307 e. The number of hydrogen-bond donors (Lipinski definition) is 0. The van der Waals surface area contributed by atoms with Crippen molar-refractivity contribution in [1.29, 1.82) is 0 Å². The van der Waals surface area contributed by atoms with E-state index in [0.29, 0.717) is 36.8 Å². The second-order valence-corrected chi connectivity index (χ2v) is 8.59. The zero-order valence-corrected chi connectivity index (χ0v) is 19.0. The maximum absolute atomic E-state index is 13.8. The summed E-state index contributed by atoms with van der Waals surface area (Å²) in [6.07, 6.45) is 4.16. The molecule has 0 saturated heterocycles. The Hall–Kier alpha value is -3.22. The van der Waals surface area contributed by atoms with Gasteiger partial charge >= 0.3 is 5.97 Å². The molecule has 1 aliphatic rings. The van der Waals surface area contributed by atoms with Gasteiger partial charge in [-0.25, -0.2) is 9.67 Å². The van der Waals surface area contributed by atoms with Crippen molar-refractivity contribution >= 4 is 22.9 Å². The average Bonchev–Trinajstić information content (AvgIpc) is 3.51. The van der Waals surface area contributed by atoms with Crippen LogP contribution in [-0.4, -0.2) is 51.2 Å². The van der Waals surface area contributed by atoms with Gasteiger partial charge in [0, 0.05) is 24.7 Å². The number of hydrogen-bond acceptors (Lipinski definition) is 5. The molecule has 1 aromatic carbocycles. The van der Waals surface area contributed by atoms with E-state index in [-0.39, 0.29) is 24.3 Å². The topological polar surface area (TPSA) is 77.3 Å². The molecule has 1 saturated carbocycles. The number of rotatable bonds is 9. The van der Waals surface area contributed by atoms with Gasteiger partial charge in [0.05, 0.1) is 35.9 Å². The third kappa shape index (κ3) is 4.82. The number of benzene rings is 1. The summed E-state index contributed by atoms with van der Waals surface area (Å²) in [5.74, 6) is 0.137. The summed E-state index contributed by atoms with van der Waals surface area (Å²) in [6, 6.07) is 11.8. The number of nitrogens with zero attached hydrogens (tertiary/aromatic N) is 4. The summed E-state index contributed by atoms with van der Waals surface area (Å²) in [4.78, 5) is 32.4. The highest BCUT2D eigenvalue weighted by atomic mass is 16.5. The van der Waals surface area contributed by atoms with Crippen molar-refractivity contribution in [3.05, 3.63) is 48.2 Å². The van der Waals surface area contributed by atoms with Crippen LogP contribution in [0.15, 0.2) is 42.6 Å². The lowest BCUT2D eigenvalue weighted by molar-refractivity contribution is -0.143. The van der Waals surface area contributed by atoms with E-state index < -0.39 is 0 Å². The molecule has 168 valence electrons. The van der Waals surface area contributed by atoms with Gasteiger partial charge in [-0.2, -0.15) is 5.10 Å². The van der Waals surface area contributed by atoms with Crippen LogP contribution in [0.5, 0.6) is 0 Å². The smallest absolute Gasteiger partial charge is 0.307 e. The van der Waals surface area contributed by atoms with Crippen LogP contribution in [0.25, 0.3) is 22.3 Å². The zero-order valence-electron chi connectivity index (χ0n) is 19.0. The first kappa shape index (κ1) is 22.0. The van der Waals surface area contributed by atoms with Crippen LogP contribution in [0.1, 0.15) is 56.4 Å². The minimum absolute atomic E-state index is 0.0888. The third-order valence-corrected chi connectivity index (χ3v) is 5.71. The fraction of sp³-hybridized carbons (Fsp3) is 0.440. The molecule has 0 N–H and O–H groups in total. The molecule has 0 spiro atoms. The number of amides is 1. The van der Waals surface area contributed by atoms with Crippen LogP contribution in [0.2, 0.25) is 0 Å². The van der Waals surface area contributed by atoms with Crippen molar-refractivity contribution in [2.45, 2.75) is 46.1 Å². The van der Waals surface area contributed by atoms with E-state index in [1.165, 1.54) is 0 Å². The second kappa shape index (κ2) is 9.51. The molecule has 2 aromatic heterocycles. The average molecular weight is 435 g/mol. The first-order valence-electron chi connectivity index (χ1n) is 11.4. The minimum atomic E-state index is -0.279. The van der Waals surface area contributed by atoms with Crippen LogP contribution in [0, 0.1) is 5.92 Å². The van der Waals surface area contributed by atoms with E-state index in [0.717, 1.165) is 29.5 Å². The maximum atomic E-state index is 13.8. The molecule has 1 fully saturated rings. The van der Waals surface area contributed by atoms with Gasteiger partial charge < -0.3 is 9.64 Å². The van der Waals surface area contributed by atoms with Gasteiger partial charge in [-0.05, 0) is 45.6 Å². The van der Waals surface area contributed by atoms with Gasteiger partial charge in [-0.3, -0.25) is 9.59 Å². The first-order chi connectivity index (χ1) is 15.5. The highest BCUT2D eigenvalue weighted by Crippen LogP contribution is 2.32. The van der Waals surface area contributed by atoms with Gasteiger partial charge in [0.1, 0.15) is 0 Å². The summed E-state index contributed by atoms with van der Waals surface area (Å²) < 4.78 is 6.92. The largest absolute Gasteiger partial charge is 0.466 e. The monoisotopic (exact) mass is 434 g/mol. The van der Waals surface area contributed by atoms with Crippen molar-refractivity contribution in [1.82, 2.24) is 19.7 Å². The molecule has 3 aromatic rings. The number of ether oxygens (including phenoxy) is 1. The van der Waals surface area contributed by atoms with E-state index in [2.05, 4.69) is 5.10 Å². The Kier molecular flexibility index (Phi) is 6.53. The van der Waals surface area contributed by atoms with E-state index in [4.69, 9.17) is 9.72 Å². The van der Waals surface area contributed by atoms with Crippen LogP contribution in [0.4, 0.5) is 0 Å². The molecule has 7 nitrogen and oxygen atoms in total.